The molecule has 0 spiro atoms. The number of halogens is 1. The number of nitrogens with one attached hydrogen (secondary N) is 1. The average molecular weight is 362 g/mol. The molecule has 6 heteroatoms. The summed E-state index contributed by atoms with van der Waals surface area (Å²) in [6.07, 6.45) is 0.173. The van der Waals surface area contributed by atoms with Crippen molar-refractivity contribution < 1.29 is 13.9 Å². The van der Waals surface area contributed by atoms with Gasteiger partial charge in [-0.3, -0.25) is 4.79 Å². The molecule has 2 aromatic rings. The first-order valence-corrected chi connectivity index (χ1v) is 9.40. The van der Waals surface area contributed by atoms with Gasteiger partial charge in [0.25, 0.3) is 0 Å². The molecule has 0 bridgehead atoms. The quantitative estimate of drug-likeness (QED) is 0.884. The van der Waals surface area contributed by atoms with Gasteiger partial charge in [0.05, 0.1) is 18.1 Å². The van der Waals surface area contributed by atoms with Crippen LogP contribution in [0, 0.1) is 5.82 Å². The number of carbonyl (C=O) groups is 1. The fourth-order valence-electron chi connectivity index (χ4n) is 3.14. The molecule has 1 amide bonds. The highest BCUT2D eigenvalue weighted by atomic mass is 32.1. The Labute approximate surface area is 151 Å². The van der Waals surface area contributed by atoms with E-state index in [-0.39, 0.29) is 29.9 Å². The Bertz CT molecular complexity index is 725. The molecule has 1 unspecified atom stereocenters. The molecule has 1 aromatic heterocycles. The van der Waals surface area contributed by atoms with Gasteiger partial charge < -0.3 is 15.0 Å². The van der Waals surface area contributed by atoms with Gasteiger partial charge >= 0.3 is 0 Å². The zero-order chi connectivity index (χ0) is 18.0. The van der Waals surface area contributed by atoms with E-state index in [0.29, 0.717) is 18.8 Å². The maximum atomic E-state index is 14.1. The van der Waals surface area contributed by atoms with Crippen LogP contribution in [0.25, 0.3) is 0 Å². The molecular weight excluding hydrogens is 339 g/mol. The Hall–Kier alpha value is -1.92. The number of amides is 1. The Kier molecular flexibility index (Phi) is 5.39. The third-order valence-electron chi connectivity index (χ3n) is 4.37. The monoisotopic (exact) mass is 362 g/mol. The third kappa shape index (κ3) is 4.38. The number of benzene rings is 1. The molecule has 1 aromatic carbocycles. The number of anilines is 2. The number of hydrogen-bond acceptors (Lipinski definition) is 4. The van der Waals surface area contributed by atoms with Crippen LogP contribution < -0.4 is 10.2 Å². The molecule has 3 rings (SSSR count). The average Bonchev–Trinajstić information content (AvgIpc) is 3.07. The largest absolute Gasteiger partial charge is 0.372 e. The highest BCUT2D eigenvalue weighted by Gasteiger charge is 2.23. The lowest BCUT2D eigenvalue weighted by Gasteiger charge is -2.37. The first-order valence-electron chi connectivity index (χ1n) is 8.46. The highest BCUT2D eigenvalue weighted by molar-refractivity contribution is 7.08. The van der Waals surface area contributed by atoms with Gasteiger partial charge in [0.1, 0.15) is 5.82 Å². The van der Waals surface area contributed by atoms with E-state index in [1.54, 1.807) is 11.3 Å². The minimum absolute atomic E-state index is 0.0867. The predicted molar refractivity (Wildman–Crippen MR) is 100.0 cm³/mol. The molecule has 1 N–H and O–H groups in total. The molecule has 0 radical (unpaired) electrons. The Morgan fingerprint density at radius 3 is 2.68 bits per heavy atom. The van der Waals surface area contributed by atoms with Crippen LogP contribution in [0.1, 0.15) is 32.3 Å². The zero-order valence-corrected chi connectivity index (χ0v) is 15.5. The van der Waals surface area contributed by atoms with Crippen molar-refractivity contribution in [2.24, 2.45) is 0 Å². The summed E-state index contributed by atoms with van der Waals surface area (Å²) in [5.74, 6) is -0.775. The van der Waals surface area contributed by atoms with Gasteiger partial charge in [-0.15, -0.1) is 0 Å². The number of carbonyl (C=O) groups excluding carboxylic acids is 1. The first kappa shape index (κ1) is 17.9. The summed E-state index contributed by atoms with van der Waals surface area (Å²) in [5.41, 5.74) is 2.21. The zero-order valence-electron chi connectivity index (χ0n) is 14.7. The summed E-state index contributed by atoms with van der Waals surface area (Å²) in [7, 11) is 0. The van der Waals surface area contributed by atoms with Gasteiger partial charge in [-0.2, -0.15) is 11.3 Å². The van der Waals surface area contributed by atoms with E-state index in [0.717, 1.165) is 11.3 Å². The van der Waals surface area contributed by atoms with E-state index in [1.165, 1.54) is 12.1 Å². The summed E-state index contributed by atoms with van der Waals surface area (Å²) in [6, 6.07) is 6.62. The van der Waals surface area contributed by atoms with Crippen LogP contribution in [0.4, 0.5) is 15.8 Å². The minimum Gasteiger partial charge on any atom is -0.372 e. The second-order valence-corrected chi connectivity index (χ2v) is 7.41. The molecule has 1 aliphatic rings. The molecule has 2 heterocycles. The lowest BCUT2D eigenvalue weighted by atomic mass is 10.0. The van der Waals surface area contributed by atoms with Crippen LogP contribution in [0.15, 0.2) is 35.0 Å². The molecule has 4 nitrogen and oxygen atoms in total. The van der Waals surface area contributed by atoms with E-state index in [1.807, 2.05) is 43.7 Å². The van der Waals surface area contributed by atoms with E-state index in [9.17, 15) is 9.18 Å². The van der Waals surface area contributed by atoms with Crippen LogP contribution >= 0.6 is 11.3 Å². The Morgan fingerprint density at radius 2 is 2.04 bits per heavy atom. The summed E-state index contributed by atoms with van der Waals surface area (Å²) in [6.45, 7) is 7.27. The van der Waals surface area contributed by atoms with Crippen LogP contribution in [-0.2, 0) is 9.53 Å². The van der Waals surface area contributed by atoms with E-state index >= 15 is 0 Å². The molecule has 1 saturated heterocycles. The lowest BCUT2D eigenvalue weighted by Crippen LogP contribution is -2.45. The lowest BCUT2D eigenvalue weighted by molar-refractivity contribution is -0.117. The van der Waals surface area contributed by atoms with Crippen LogP contribution in [0.5, 0.6) is 0 Å². The van der Waals surface area contributed by atoms with Crippen molar-refractivity contribution in [1.29, 1.82) is 0 Å². The smallest absolute Gasteiger partial charge is 0.231 e. The van der Waals surface area contributed by atoms with Crippen molar-refractivity contribution in [2.75, 3.05) is 23.3 Å². The van der Waals surface area contributed by atoms with Crippen molar-refractivity contribution in [2.45, 2.75) is 38.9 Å². The number of nitrogens with zero attached hydrogens (tertiary/aromatic N) is 1. The van der Waals surface area contributed by atoms with Gasteiger partial charge in [0.15, 0.2) is 0 Å². The fraction of sp³-hybridized carbons (Fsp3) is 0.421. The third-order valence-corrected chi connectivity index (χ3v) is 5.07. The summed E-state index contributed by atoms with van der Waals surface area (Å²) in [5, 5.41) is 6.74. The Morgan fingerprint density at radius 1 is 1.32 bits per heavy atom. The van der Waals surface area contributed by atoms with Gasteiger partial charge in [0.2, 0.25) is 5.91 Å². The number of rotatable bonds is 4. The molecule has 0 saturated carbocycles. The number of ether oxygens (including phenoxy) is 1. The highest BCUT2D eigenvalue weighted by Crippen LogP contribution is 2.26. The fourth-order valence-corrected chi connectivity index (χ4v) is 3.89. The van der Waals surface area contributed by atoms with E-state index in [2.05, 4.69) is 10.2 Å². The van der Waals surface area contributed by atoms with Crippen LogP contribution in [0.3, 0.4) is 0 Å². The maximum absolute atomic E-state index is 14.1. The minimum atomic E-state index is -0.359. The molecule has 134 valence electrons. The topological polar surface area (TPSA) is 41.6 Å². The first-order chi connectivity index (χ1) is 11.9. The van der Waals surface area contributed by atoms with Crippen LogP contribution in [-0.4, -0.2) is 31.2 Å². The van der Waals surface area contributed by atoms with Gasteiger partial charge in [-0.25, -0.2) is 4.39 Å². The van der Waals surface area contributed by atoms with Gasteiger partial charge in [-0.1, -0.05) is 0 Å². The van der Waals surface area contributed by atoms with Crippen molar-refractivity contribution >= 4 is 28.6 Å². The SMILES string of the molecule is CC(C(=O)Nc1cc(F)cc(N2C[C@@H](C)O[C@@H](C)C2)c1)c1ccsc1. The Balaban J connectivity index is 1.76. The summed E-state index contributed by atoms with van der Waals surface area (Å²) >= 11 is 1.56. The molecule has 1 fully saturated rings. The van der Waals surface area contributed by atoms with Crippen molar-refractivity contribution in [3.63, 3.8) is 0 Å². The number of morpholine rings is 1. The number of thiophene rings is 1. The second kappa shape index (κ2) is 7.54. The molecule has 25 heavy (non-hydrogen) atoms. The standard InChI is InChI=1S/C19H23FN2O2S/c1-12-9-22(10-13(2)24-12)18-7-16(20)6-17(8-18)21-19(23)14(3)15-4-5-25-11-15/h4-8,11-14H,9-10H2,1-3H3,(H,21,23)/t12-,13+,14?. The van der Waals surface area contributed by atoms with Crippen molar-refractivity contribution in [3.8, 4) is 0 Å². The maximum Gasteiger partial charge on any atom is 0.231 e. The molecule has 0 aliphatic carbocycles. The summed E-state index contributed by atoms with van der Waals surface area (Å²) in [4.78, 5) is 14.5. The van der Waals surface area contributed by atoms with Crippen molar-refractivity contribution in [3.05, 3.63) is 46.4 Å². The number of hydrogen-bond donors (Lipinski definition) is 1. The second-order valence-electron chi connectivity index (χ2n) is 6.63. The molecule has 3 atom stereocenters. The predicted octanol–water partition coefficient (Wildman–Crippen LogP) is 4.24. The normalized spacial score (nSPS) is 21.8. The molecular formula is C19H23FN2O2S. The van der Waals surface area contributed by atoms with E-state index < -0.39 is 0 Å². The van der Waals surface area contributed by atoms with Gasteiger partial charge in [0, 0.05) is 24.5 Å². The summed E-state index contributed by atoms with van der Waals surface area (Å²) < 4.78 is 19.8. The van der Waals surface area contributed by atoms with E-state index in [4.69, 9.17) is 4.74 Å². The van der Waals surface area contributed by atoms with Gasteiger partial charge in [-0.05, 0) is 61.4 Å². The van der Waals surface area contributed by atoms with Crippen molar-refractivity contribution in [1.82, 2.24) is 0 Å². The molecule has 1 aliphatic heterocycles. The van der Waals surface area contributed by atoms with Crippen LogP contribution in [0.2, 0.25) is 0 Å².